The average molecular weight is 244 g/mol. The standard InChI is InChI=1S/C9H14BrN3/c1-6(2)8-7(10)9-11-4-3-5-13(9)12-8/h6,11H,3-5H2,1-2H3. The van der Waals surface area contributed by atoms with Crippen molar-refractivity contribution in [3.8, 4) is 0 Å². The van der Waals surface area contributed by atoms with Crippen LogP contribution < -0.4 is 5.32 Å². The molecule has 13 heavy (non-hydrogen) atoms. The van der Waals surface area contributed by atoms with Gasteiger partial charge in [0.25, 0.3) is 0 Å². The molecule has 0 amide bonds. The van der Waals surface area contributed by atoms with Crippen LogP contribution in [0.1, 0.15) is 31.9 Å². The van der Waals surface area contributed by atoms with Gasteiger partial charge in [0.2, 0.25) is 0 Å². The van der Waals surface area contributed by atoms with Crippen molar-refractivity contribution >= 4 is 21.7 Å². The third-order valence-electron chi connectivity index (χ3n) is 2.31. The van der Waals surface area contributed by atoms with Crippen LogP contribution in [0.25, 0.3) is 0 Å². The van der Waals surface area contributed by atoms with Gasteiger partial charge in [0.15, 0.2) is 0 Å². The Hall–Kier alpha value is -0.510. The van der Waals surface area contributed by atoms with Crippen LogP contribution in [0.4, 0.5) is 5.82 Å². The molecule has 0 aromatic carbocycles. The molecule has 0 saturated carbocycles. The summed E-state index contributed by atoms with van der Waals surface area (Å²) < 4.78 is 3.20. The summed E-state index contributed by atoms with van der Waals surface area (Å²) >= 11 is 3.59. The van der Waals surface area contributed by atoms with E-state index in [-0.39, 0.29) is 0 Å². The summed E-state index contributed by atoms with van der Waals surface area (Å²) in [6.45, 7) is 6.42. The van der Waals surface area contributed by atoms with Gasteiger partial charge in [-0.25, -0.2) is 4.68 Å². The Morgan fingerprint density at radius 2 is 2.31 bits per heavy atom. The van der Waals surface area contributed by atoms with E-state index in [2.05, 4.69) is 44.9 Å². The third kappa shape index (κ3) is 1.47. The molecular formula is C9H14BrN3. The molecule has 0 radical (unpaired) electrons. The van der Waals surface area contributed by atoms with Crippen LogP contribution in [0.2, 0.25) is 0 Å². The summed E-state index contributed by atoms with van der Waals surface area (Å²) in [6, 6.07) is 0. The minimum absolute atomic E-state index is 0.481. The van der Waals surface area contributed by atoms with E-state index >= 15 is 0 Å². The van der Waals surface area contributed by atoms with Crippen molar-refractivity contribution in [2.24, 2.45) is 0 Å². The van der Waals surface area contributed by atoms with Crippen molar-refractivity contribution < 1.29 is 0 Å². The Labute approximate surface area is 86.6 Å². The SMILES string of the molecule is CC(C)c1nn2c(c1Br)NCCC2. The van der Waals surface area contributed by atoms with Gasteiger partial charge in [-0.2, -0.15) is 5.10 Å². The van der Waals surface area contributed by atoms with E-state index in [1.807, 2.05) is 0 Å². The van der Waals surface area contributed by atoms with E-state index < -0.39 is 0 Å². The smallest absolute Gasteiger partial charge is 0.138 e. The first kappa shape index (κ1) is 9.06. The molecule has 1 aliphatic heterocycles. The van der Waals surface area contributed by atoms with Crippen LogP contribution >= 0.6 is 15.9 Å². The maximum Gasteiger partial charge on any atom is 0.138 e. The summed E-state index contributed by atoms with van der Waals surface area (Å²) in [6.07, 6.45) is 1.17. The second kappa shape index (κ2) is 3.33. The fourth-order valence-corrected chi connectivity index (χ4v) is 2.48. The van der Waals surface area contributed by atoms with E-state index in [4.69, 9.17) is 0 Å². The van der Waals surface area contributed by atoms with Gasteiger partial charge in [0.1, 0.15) is 5.82 Å². The number of aromatic nitrogens is 2. The van der Waals surface area contributed by atoms with Crippen molar-refractivity contribution in [2.45, 2.75) is 32.7 Å². The summed E-state index contributed by atoms with van der Waals surface area (Å²) in [4.78, 5) is 0. The van der Waals surface area contributed by atoms with Crippen molar-refractivity contribution in [1.82, 2.24) is 9.78 Å². The number of halogens is 1. The number of nitrogens with zero attached hydrogens (tertiary/aromatic N) is 2. The molecule has 0 atom stereocenters. The zero-order valence-electron chi connectivity index (χ0n) is 7.97. The molecule has 1 aromatic rings. The highest BCUT2D eigenvalue weighted by atomic mass is 79.9. The zero-order valence-corrected chi connectivity index (χ0v) is 9.56. The molecule has 2 rings (SSSR count). The Morgan fingerprint density at radius 1 is 1.54 bits per heavy atom. The highest BCUT2D eigenvalue weighted by Gasteiger charge is 2.19. The lowest BCUT2D eigenvalue weighted by Gasteiger charge is -2.15. The van der Waals surface area contributed by atoms with Gasteiger partial charge in [0.05, 0.1) is 10.2 Å². The number of hydrogen-bond acceptors (Lipinski definition) is 2. The van der Waals surface area contributed by atoms with Crippen LogP contribution in [0, 0.1) is 0 Å². The first-order valence-electron chi connectivity index (χ1n) is 4.70. The molecule has 1 N–H and O–H groups in total. The van der Waals surface area contributed by atoms with E-state index in [9.17, 15) is 0 Å². The van der Waals surface area contributed by atoms with Crippen LogP contribution in [0.5, 0.6) is 0 Å². The topological polar surface area (TPSA) is 29.9 Å². The van der Waals surface area contributed by atoms with E-state index in [1.54, 1.807) is 0 Å². The molecule has 0 unspecified atom stereocenters. The number of hydrogen-bond donors (Lipinski definition) is 1. The summed E-state index contributed by atoms with van der Waals surface area (Å²) in [5.41, 5.74) is 1.16. The second-order valence-corrected chi connectivity index (χ2v) is 4.50. The first-order chi connectivity index (χ1) is 6.20. The van der Waals surface area contributed by atoms with E-state index in [1.165, 1.54) is 6.42 Å². The molecule has 1 aromatic heterocycles. The van der Waals surface area contributed by atoms with Crippen molar-refractivity contribution in [3.05, 3.63) is 10.2 Å². The number of nitrogens with one attached hydrogen (secondary N) is 1. The van der Waals surface area contributed by atoms with Gasteiger partial charge in [0, 0.05) is 13.1 Å². The average Bonchev–Trinajstić information content (AvgIpc) is 2.45. The lowest BCUT2D eigenvalue weighted by Crippen LogP contribution is -2.17. The van der Waals surface area contributed by atoms with Gasteiger partial charge >= 0.3 is 0 Å². The molecular weight excluding hydrogens is 230 g/mol. The number of anilines is 1. The molecule has 72 valence electrons. The van der Waals surface area contributed by atoms with Gasteiger partial charge in [-0.1, -0.05) is 13.8 Å². The Kier molecular flexibility index (Phi) is 2.32. The fourth-order valence-electron chi connectivity index (χ4n) is 1.59. The van der Waals surface area contributed by atoms with E-state index in [0.717, 1.165) is 29.1 Å². The largest absolute Gasteiger partial charge is 0.369 e. The highest BCUT2D eigenvalue weighted by Crippen LogP contribution is 2.32. The quantitative estimate of drug-likeness (QED) is 0.822. The van der Waals surface area contributed by atoms with Crippen LogP contribution in [-0.2, 0) is 6.54 Å². The second-order valence-electron chi connectivity index (χ2n) is 3.71. The summed E-state index contributed by atoms with van der Waals surface area (Å²) in [5, 5.41) is 7.92. The Bertz CT molecular complexity index is 317. The van der Waals surface area contributed by atoms with E-state index in [0.29, 0.717) is 5.92 Å². The predicted octanol–water partition coefficient (Wildman–Crippen LogP) is 2.58. The Morgan fingerprint density at radius 3 is 2.92 bits per heavy atom. The first-order valence-corrected chi connectivity index (χ1v) is 5.49. The minimum atomic E-state index is 0.481. The van der Waals surface area contributed by atoms with Crippen molar-refractivity contribution in [3.63, 3.8) is 0 Å². The lowest BCUT2D eigenvalue weighted by atomic mass is 10.1. The van der Waals surface area contributed by atoms with Crippen molar-refractivity contribution in [2.75, 3.05) is 11.9 Å². The maximum atomic E-state index is 4.56. The highest BCUT2D eigenvalue weighted by molar-refractivity contribution is 9.10. The molecule has 4 heteroatoms. The maximum absolute atomic E-state index is 4.56. The van der Waals surface area contributed by atoms with Gasteiger partial charge in [-0.05, 0) is 28.3 Å². The molecule has 0 fully saturated rings. The van der Waals surface area contributed by atoms with Crippen LogP contribution in [-0.4, -0.2) is 16.3 Å². The van der Waals surface area contributed by atoms with Gasteiger partial charge in [-0.15, -0.1) is 0 Å². The van der Waals surface area contributed by atoms with Crippen molar-refractivity contribution in [1.29, 1.82) is 0 Å². The monoisotopic (exact) mass is 243 g/mol. The summed E-state index contributed by atoms with van der Waals surface area (Å²) in [7, 11) is 0. The molecule has 2 heterocycles. The fraction of sp³-hybridized carbons (Fsp3) is 0.667. The van der Waals surface area contributed by atoms with Gasteiger partial charge < -0.3 is 5.32 Å². The molecule has 3 nitrogen and oxygen atoms in total. The van der Waals surface area contributed by atoms with Crippen LogP contribution in [0.15, 0.2) is 4.47 Å². The molecule has 0 aliphatic carbocycles. The number of aryl methyl sites for hydroxylation is 1. The minimum Gasteiger partial charge on any atom is -0.369 e. The summed E-state index contributed by atoms with van der Waals surface area (Å²) in [5.74, 6) is 1.63. The molecule has 1 aliphatic rings. The lowest BCUT2D eigenvalue weighted by molar-refractivity contribution is 0.557. The number of fused-ring (bicyclic) bond motifs is 1. The molecule has 0 bridgehead atoms. The molecule has 0 spiro atoms. The predicted molar refractivity (Wildman–Crippen MR) is 57.1 cm³/mol. The molecule has 0 saturated heterocycles. The normalized spacial score (nSPS) is 15.7. The number of rotatable bonds is 1. The Balaban J connectivity index is 2.44. The van der Waals surface area contributed by atoms with Gasteiger partial charge in [-0.3, -0.25) is 0 Å². The zero-order chi connectivity index (χ0) is 9.42. The van der Waals surface area contributed by atoms with Crippen LogP contribution in [0.3, 0.4) is 0 Å². The third-order valence-corrected chi connectivity index (χ3v) is 3.09.